The molecule has 1 heterocycles. The highest BCUT2D eigenvalue weighted by atomic mass is 32.2. The molecule has 0 radical (unpaired) electrons. The van der Waals surface area contributed by atoms with Crippen LogP contribution in [-0.2, 0) is 10.0 Å². The van der Waals surface area contributed by atoms with E-state index in [1.807, 2.05) is 6.07 Å². The van der Waals surface area contributed by atoms with Crippen LogP contribution in [0.2, 0.25) is 0 Å². The predicted octanol–water partition coefficient (Wildman–Crippen LogP) is 1.82. The molecule has 1 aromatic carbocycles. The van der Waals surface area contributed by atoms with E-state index in [2.05, 4.69) is 10.3 Å². The number of anilines is 2. The normalized spacial score (nSPS) is 10.7. The molecule has 1 N–H and O–H groups in total. The van der Waals surface area contributed by atoms with Gasteiger partial charge in [-0.2, -0.15) is 5.26 Å². The number of para-hydroxylation sites is 1. The molecule has 2 rings (SSSR count). The van der Waals surface area contributed by atoms with Crippen molar-refractivity contribution in [2.45, 2.75) is 4.90 Å². The first-order chi connectivity index (χ1) is 10.0. The number of pyridine rings is 1. The minimum atomic E-state index is -3.81. The number of sulfonamides is 1. The molecule has 0 atom stereocenters. The summed E-state index contributed by atoms with van der Waals surface area (Å²) in [4.78, 5) is 4.06. The van der Waals surface area contributed by atoms with Crippen molar-refractivity contribution in [1.82, 2.24) is 4.98 Å². The van der Waals surface area contributed by atoms with E-state index in [-0.39, 0.29) is 10.7 Å². The summed E-state index contributed by atoms with van der Waals surface area (Å²) in [5, 5.41) is 11.9. The maximum atomic E-state index is 12.7. The van der Waals surface area contributed by atoms with E-state index in [4.69, 9.17) is 5.26 Å². The third-order valence-electron chi connectivity index (χ3n) is 3.01. The summed E-state index contributed by atoms with van der Waals surface area (Å²) >= 11 is 0. The van der Waals surface area contributed by atoms with Crippen LogP contribution in [0.3, 0.4) is 0 Å². The van der Waals surface area contributed by atoms with Crippen LogP contribution < -0.4 is 9.62 Å². The van der Waals surface area contributed by atoms with Gasteiger partial charge < -0.3 is 5.32 Å². The van der Waals surface area contributed by atoms with E-state index >= 15 is 0 Å². The minimum Gasteiger partial charge on any atom is -0.372 e. The SMILES string of the molecule is CNc1ncccc1S(=O)(=O)N(C)c1ccccc1C#N. The Morgan fingerprint density at radius 3 is 2.62 bits per heavy atom. The van der Waals surface area contributed by atoms with Gasteiger partial charge >= 0.3 is 0 Å². The lowest BCUT2D eigenvalue weighted by Crippen LogP contribution is -2.28. The van der Waals surface area contributed by atoms with E-state index in [0.29, 0.717) is 11.3 Å². The zero-order chi connectivity index (χ0) is 15.5. The van der Waals surface area contributed by atoms with Gasteiger partial charge in [-0.1, -0.05) is 12.1 Å². The van der Waals surface area contributed by atoms with Gasteiger partial charge in [0.15, 0.2) is 0 Å². The summed E-state index contributed by atoms with van der Waals surface area (Å²) in [7, 11) is -0.794. The fraction of sp³-hybridized carbons (Fsp3) is 0.143. The fourth-order valence-corrected chi connectivity index (χ4v) is 3.27. The van der Waals surface area contributed by atoms with Crippen LogP contribution in [0.5, 0.6) is 0 Å². The Labute approximate surface area is 123 Å². The molecular weight excluding hydrogens is 288 g/mol. The van der Waals surface area contributed by atoms with Crippen molar-refractivity contribution in [3.8, 4) is 6.07 Å². The summed E-state index contributed by atoms with van der Waals surface area (Å²) in [6.45, 7) is 0. The Kier molecular flexibility index (Phi) is 4.10. The molecule has 108 valence electrons. The lowest BCUT2D eigenvalue weighted by Gasteiger charge is -2.21. The Morgan fingerprint density at radius 2 is 1.95 bits per heavy atom. The van der Waals surface area contributed by atoms with Gasteiger partial charge in [-0.15, -0.1) is 0 Å². The number of nitrogens with one attached hydrogen (secondary N) is 1. The molecular formula is C14H14N4O2S. The average Bonchev–Trinajstić information content (AvgIpc) is 2.53. The van der Waals surface area contributed by atoms with Crippen LogP contribution in [-0.4, -0.2) is 27.5 Å². The number of hydrogen-bond acceptors (Lipinski definition) is 5. The van der Waals surface area contributed by atoms with Crippen LogP contribution in [0.1, 0.15) is 5.56 Å². The van der Waals surface area contributed by atoms with E-state index < -0.39 is 10.0 Å². The van der Waals surface area contributed by atoms with Gasteiger partial charge in [0.25, 0.3) is 10.0 Å². The molecule has 0 unspecified atom stereocenters. The summed E-state index contributed by atoms with van der Waals surface area (Å²) in [5.41, 5.74) is 0.615. The van der Waals surface area contributed by atoms with E-state index in [9.17, 15) is 8.42 Å². The zero-order valence-corrected chi connectivity index (χ0v) is 12.4. The van der Waals surface area contributed by atoms with Crippen molar-refractivity contribution in [2.75, 3.05) is 23.7 Å². The highest BCUT2D eigenvalue weighted by Gasteiger charge is 2.26. The molecule has 0 bridgehead atoms. The van der Waals surface area contributed by atoms with Gasteiger partial charge in [-0.05, 0) is 24.3 Å². The summed E-state index contributed by atoms with van der Waals surface area (Å²) in [6.07, 6.45) is 1.51. The van der Waals surface area contributed by atoms with Crippen molar-refractivity contribution < 1.29 is 8.42 Å². The predicted molar refractivity (Wildman–Crippen MR) is 80.5 cm³/mol. The number of benzene rings is 1. The smallest absolute Gasteiger partial charge is 0.267 e. The van der Waals surface area contributed by atoms with Gasteiger partial charge in [0.2, 0.25) is 0 Å². The third kappa shape index (κ3) is 2.66. The molecule has 21 heavy (non-hydrogen) atoms. The van der Waals surface area contributed by atoms with Crippen LogP contribution in [0.25, 0.3) is 0 Å². The second kappa shape index (κ2) is 5.81. The molecule has 0 aliphatic carbocycles. The summed E-state index contributed by atoms with van der Waals surface area (Å²) in [6, 6.07) is 11.5. The van der Waals surface area contributed by atoms with E-state index in [0.717, 1.165) is 4.31 Å². The lowest BCUT2D eigenvalue weighted by molar-refractivity contribution is 0.594. The molecule has 0 saturated heterocycles. The third-order valence-corrected chi connectivity index (χ3v) is 4.81. The fourth-order valence-electron chi connectivity index (χ4n) is 1.91. The van der Waals surface area contributed by atoms with Crippen molar-refractivity contribution in [3.63, 3.8) is 0 Å². The second-order valence-corrected chi connectivity index (χ2v) is 6.14. The number of hydrogen-bond donors (Lipinski definition) is 1. The van der Waals surface area contributed by atoms with Gasteiger partial charge in [0.1, 0.15) is 16.8 Å². The number of rotatable bonds is 4. The van der Waals surface area contributed by atoms with Crippen LogP contribution in [0.15, 0.2) is 47.5 Å². The Bertz CT molecular complexity index is 797. The van der Waals surface area contributed by atoms with Crippen LogP contribution in [0, 0.1) is 11.3 Å². The van der Waals surface area contributed by atoms with E-state index in [1.165, 1.54) is 19.3 Å². The highest BCUT2D eigenvalue weighted by molar-refractivity contribution is 7.93. The van der Waals surface area contributed by atoms with Gasteiger partial charge in [-0.25, -0.2) is 13.4 Å². The summed E-state index contributed by atoms with van der Waals surface area (Å²) in [5.74, 6) is 0.263. The standard InChI is InChI=1S/C14H14N4O2S/c1-16-14-13(8-5-9-17-14)21(19,20)18(2)12-7-4-3-6-11(12)10-15/h3-9H,1-2H3,(H,16,17). The first kappa shape index (κ1) is 14.8. The number of nitrogens with zero attached hydrogens (tertiary/aromatic N) is 3. The van der Waals surface area contributed by atoms with Crippen molar-refractivity contribution >= 4 is 21.5 Å². The van der Waals surface area contributed by atoms with Gasteiger partial charge in [-0.3, -0.25) is 4.31 Å². The van der Waals surface area contributed by atoms with Crippen LogP contribution >= 0.6 is 0 Å². The van der Waals surface area contributed by atoms with Gasteiger partial charge in [0, 0.05) is 20.3 Å². The largest absolute Gasteiger partial charge is 0.372 e. The van der Waals surface area contributed by atoms with Crippen molar-refractivity contribution in [1.29, 1.82) is 5.26 Å². The topological polar surface area (TPSA) is 86.1 Å². The zero-order valence-electron chi connectivity index (χ0n) is 11.6. The molecule has 7 heteroatoms. The summed E-state index contributed by atoms with van der Waals surface area (Å²) < 4.78 is 26.5. The lowest BCUT2D eigenvalue weighted by atomic mass is 10.2. The Balaban J connectivity index is 2.56. The Hall–Kier alpha value is -2.59. The molecule has 0 saturated carbocycles. The molecule has 0 aliphatic rings. The van der Waals surface area contributed by atoms with E-state index in [1.54, 1.807) is 37.4 Å². The minimum absolute atomic E-state index is 0.0581. The second-order valence-electron chi connectivity index (χ2n) is 4.20. The molecule has 0 aliphatic heterocycles. The number of nitriles is 1. The molecule has 0 amide bonds. The Morgan fingerprint density at radius 1 is 1.24 bits per heavy atom. The quantitative estimate of drug-likeness (QED) is 0.931. The first-order valence-corrected chi connectivity index (χ1v) is 7.57. The molecule has 2 aromatic rings. The van der Waals surface area contributed by atoms with Crippen LogP contribution in [0.4, 0.5) is 11.5 Å². The first-order valence-electron chi connectivity index (χ1n) is 6.13. The molecule has 6 nitrogen and oxygen atoms in total. The molecule has 0 spiro atoms. The van der Waals surface area contributed by atoms with Gasteiger partial charge in [0.05, 0.1) is 11.3 Å². The highest BCUT2D eigenvalue weighted by Crippen LogP contribution is 2.27. The van der Waals surface area contributed by atoms with Crippen molar-refractivity contribution in [2.24, 2.45) is 0 Å². The maximum absolute atomic E-state index is 12.7. The van der Waals surface area contributed by atoms with Crippen molar-refractivity contribution in [3.05, 3.63) is 48.2 Å². The molecule has 1 aromatic heterocycles. The number of aromatic nitrogens is 1. The monoisotopic (exact) mass is 302 g/mol. The average molecular weight is 302 g/mol. The molecule has 0 fully saturated rings. The maximum Gasteiger partial charge on any atom is 0.267 e.